The maximum atomic E-state index is 6.60. The highest BCUT2D eigenvalue weighted by Gasteiger charge is 2.19. The minimum atomic E-state index is 0.903. The Labute approximate surface area is 240 Å². The molecule has 9 rings (SSSR count). The van der Waals surface area contributed by atoms with Crippen molar-refractivity contribution in [3.05, 3.63) is 140 Å². The number of aromatic nitrogens is 1. The summed E-state index contributed by atoms with van der Waals surface area (Å²) in [5.41, 5.74) is 10.0. The quantitative estimate of drug-likeness (QED) is 0.217. The normalized spacial score (nSPS) is 11.9. The second-order valence-electron chi connectivity index (χ2n) is 10.6. The molecule has 6 aromatic carbocycles. The molecule has 0 saturated carbocycles. The Kier molecular flexibility index (Phi) is 4.80. The topological polar surface area (TPSA) is 18.1 Å². The van der Waals surface area contributed by atoms with Crippen molar-refractivity contribution in [1.29, 1.82) is 0 Å². The molecular weight excluding hydrogens is 518 g/mol. The van der Waals surface area contributed by atoms with Crippen LogP contribution in [0.4, 0.5) is 0 Å². The molecule has 0 bridgehead atoms. The molecule has 0 spiro atoms. The van der Waals surface area contributed by atoms with E-state index in [4.69, 9.17) is 4.42 Å². The number of fused-ring (bicyclic) bond motifs is 8. The number of thiophene rings is 1. The van der Waals surface area contributed by atoms with Crippen LogP contribution >= 0.6 is 11.3 Å². The number of hydrogen-bond donors (Lipinski definition) is 0. The van der Waals surface area contributed by atoms with Crippen molar-refractivity contribution in [3.63, 3.8) is 0 Å². The summed E-state index contributed by atoms with van der Waals surface area (Å²) in [6, 6.07) is 50.0. The minimum Gasteiger partial charge on any atom is -0.454 e. The third kappa shape index (κ3) is 3.43. The van der Waals surface area contributed by atoms with Crippen LogP contribution in [0.15, 0.2) is 144 Å². The standard InChI is InChI=1S/C38H23NOS/c1-2-11-28(12-3-1)39-33-15-6-4-14-31(33)38-37(39)32-20-18-26(22-34(32)40-38)24-9-8-10-25(21-24)27-17-19-30-29-13-5-7-16-35(29)41-36(30)23-27/h1-23H. The smallest absolute Gasteiger partial charge is 0.161 e. The third-order valence-corrected chi connectivity index (χ3v) is 9.33. The number of nitrogens with zero attached hydrogens (tertiary/aromatic N) is 1. The molecule has 0 aliphatic carbocycles. The Morgan fingerprint density at radius 1 is 0.463 bits per heavy atom. The van der Waals surface area contributed by atoms with Gasteiger partial charge in [-0.1, -0.05) is 84.9 Å². The molecule has 2 nitrogen and oxygen atoms in total. The lowest BCUT2D eigenvalue weighted by molar-refractivity contribution is 0.673. The maximum Gasteiger partial charge on any atom is 0.161 e. The molecular formula is C38H23NOS. The lowest BCUT2D eigenvalue weighted by Crippen LogP contribution is -1.92. The van der Waals surface area contributed by atoms with Crippen LogP contribution in [0.2, 0.25) is 0 Å². The van der Waals surface area contributed by atoms with Crippen molar-refractivity contribution in [3.8, 4) is 27.9 Å². The predicted molar refractivity (Wildman–Crippen MR) is 174 cm³/mol. The molecule has 3 heterocycles. The van der Waals surface area contributed by atoms with E-state index in [2.05, 4.69) is 144 Å². The van der Waals surface area contributed by atoms with Crippen LogP contribution in [0, 0.1) is 0 Å². The predicted octanol–water partition coefficient (Wildman–Crippen LogP) is 11.2. The van der Waals surface area contributed by atoms with Gasteiger partial charge in [0.25, 0.3) is 0 Å². The van der Waals surface area contributed by atoms with Gasteiger partial charge in [-0.2, -0.15) is 0 Å². The number of hydrogen-bond acceptors (Lipinski definition) is 2. The van der Waals surface area contributed by atoms with E-state index in [1.807, 2.05) is 11.3 Å². The van der Waals surface area contributed by atoms with Gasteiger partial charge in [0.15, 0.2) is 5.58 Å². The summed E-state index contributed by atoms with van der Waals surface area (Å²) in [6.07, 6.45) is 0. The van der Waals surface area contributed by atoms with E-state index in [9.17, 15) is 0 Å². The molecule has 3 aromatic heterocycles. The molecule has 0 N–H and O–H groups in total. The first-order chi connectivity index (χ1) is 20.3. The van der Waals surface area contributed by atoms with Crippen LogP contribution < -0.4 is 0 Å². The Balaban J connectivity index is 1.18. The molecule has 0 unspecified atom stereocenters. The van der Waals surface area contributed by atoms with Crippen molar-refractivity contribution in [2.45, 2.75) is 0 Å². The van der Waals surface area contributed by atoms with E-state index in [1.54, 1.807) is 0 Å². The highest BCUT2D eigenvalue weighted by Crippen LogP contribution is 2.41. The number of rotatable bonds is 3. The average Bonchev–Trinajstić information content (AvgIpc) is 3.69. The molecule has 0 aliphatic heterocycles. The Bertz CT molecular complexity index is 2420. The van der Waals surface area contributed by atoms with Crippen molar-refractivity contribution < 1.29 is 4.42 Å². The fourth-order valence-corrected chi connectivity index (χ4v) is 7.42. The molecule has 41 heavy (non-hydrogen) atoms. The van der Waals surface area contributed by atoms with Crippen LogP contribution in [-0.2, 0) is 0 Å². The molecule has 0 aliphatic rings. The lowest BCUT2D eigenvalue weighted by atomic mass is 9.98. The second kappa shape index (κ2) is 8.69. The highest BCUT2D eigenvalue weighted by molar-refractivity contribution is 7.25. The molecule has 0 radical (unpaired) electrons. The van der Waals surface area contributed by atoms with E-state index in [0.717, 1.165) is 44.2 Å². The third-order valence-electron chi connectivity index (χ3n) is 8.20. The zero-order valence-electron chi connectivity index (χ0n) is 22.0. The van der Waals surface area contributed by atoms with Crippen LogP contribution in [-0.4, -0.2) is 4.57 Å². The zero-order chi connectivity index (χ0) is 26.9. The van der Waals surface area contributed by atoms with E-state index in [1.165, 1.54) is 36.9 Å². The summed E-state index contributed by atoms with van der Waals surface area (Å²) < 4.78 is 11.6. The van der Waals surface area contributed by atoms with Gasteiger partial charge in [0.1, 0.15) is 11.1 Å². The summed E-state index contributed by atoms with van der Waals surface area (Å²) in [5.74, 6) is 0. The summed E-state index contributed by atoms with van der Waals surface area (Å²) >= 11 is 1.86. The van der Waals surface area contributed by atoms with Crippen LogP contribution in [0.3, 0.4) is 0 Å². The van der Waals surface area contributed by atoms with Gasteiger partial charge < -0.3 is 8.98 Å². The Hall–Kier alpha value is -5.12. The molecule has 192 valence electrons. The van der Waals surface area contributed by atoms with Gasteiger partial charge in [0, 0.05) is 36.6 Å². The van der Waals surface area contributed by atoms with E-state index in [0.29, 0.717) is 0 Å². The first kappa shape index (κ1) is 22.7. The molecule has 0 saturated heterocycles. The number of para-hydroxylation sites is 2. The van der Waals surface area contributed by atoms with Crippen LogP contribution in [0.25, 0.3) is 81.1 Å². The average molecular weight is 542 g/mol. The van der Waals surface area contributed by atoms with Crippen molar-refractivity contribution in [1.82, 2.24) is 4.57 Å². The van der Waals surface area contributed by atoms with Crippen LogP contribution in [0.5, 0.6) is 0 Å². The Morgan fingerprint density at radius 3 is 1.98 bits per heavy atom. The number of benzene rings is 6. The van der Waals surface area contributed by atoms with Crippen molar-refractivity contribution >= 4 is 64.5 Å². The highest BCUT2D eigenvalue weighted by atomic mass is 32.1. The molecule has 3 heteroatoms. The van der Waals surface area contributed by atoms with E-state index in [-0.39, 0.29) is 0 Å². The second-order valence-corrected chi connectivity index (χ2v) is 11.7. The fraction of sp³-hybridized carbons (Fsp3) is 0. The first-order valence-corrected chi connectivity index (χ1v) is 14.7. The SMILES string of the molecule is c1ccc(-n2c3ccccc3c3oc4cc(-c5cccc(-c6ccc7c(c6)sc6ccccc67)c5)ccc4c32)cc1. The largest absolute Gasteiger partial charge is 0.454 e. The van der Waals surface area contributed by atoms with Gasteiger partial charge in [-0.25, -0.2) is 0 Å². The molecule has 0 fully saturated rings. The van der Waals surface area contributed by atoms with Gasteiger partial charge in [0.05, 0.1) is 5.52 Å². The zero-order valence-corrected chi connectivity index (χ0v) is 22.9. The monoisotopic (exact) mass is 541 g/mol. The van der Waals surface area contributed by atoms with E-state index >= 15 is 0 Å². The molecule has 0 amide bonds. The van der Waals surface area contributed by atoms with Crippen LogP contribution in [0.1, 0.15) is 0 Å². The number of furan rings is 1. The Morgan fingerprint density at radius 2 is 1.12 bits per heavy atom. The summed E-state index contributed by atoms with van der Waals surface area (Å²) in [7, 11) is 0. The lowest BCUT2D eigenvalue weighted by Gasteiger charge is -2.08. The fourth-order valence-electron chi connectivity index (χ4n) is 6.28. The summed E-state index contributed by atoms with van der Waals surface area (Å²) in [6.45, 7) is 0. The maximum absolute atomic E-state index is 6.60. The van der Waals surface area contributed by atoms with Crippen molar-refractivity contribution in [2.75, 3.05) is 0 Å². The van der Waals surface area contributed by atoms with Gasteiger partial charge in [0.2, 0.25) is 0 Å². The minimum absolute atomic E-state index is 0.903. The summed E-state index contributed by atoms with van der Waals surface area (Å²) in [5, 5.41) is 4.91. The summed E-state index contributed by atoms with van der Waals surface area (Å²) in [4.78, 5) is 0. The van der Waals surface area contributed by atoms with Crippen molar-refractivity contribution in [2.24, 2.45) is 0 Å². The molecule has 9 aromatic rings. The van der Waals surface area contributed by atoms with E-state index < -0.39 is 0 Å². The van der Waals surface area contributed by atoms with Gasteiger partial charge >= 0.3 is 0 Å². The van der Waals surface area contributed by atoms with Gasteiger partial charge in [-0.05, 0) is 76.9 Å². The first-order valence-electron chi connectivity index (χ1n) is 13.9. The van der Waals surface area contributed by atoms with Gasteiger partial charge in [-0.3, -0.25) is 0 Å². The molecule has 0 atom stereocenters. The van der Waals surface area contributed by atoms with Gasteiger partial charge in [-0.15, -0.1) is 11.3 Å².